The van der Waals surface area contributed by atoms with Gasteiger partial charge in [-0.05, 0) is 29.9 Å². The van der Waals surface area contributed by atoms with E-state index < -0.39 is 16.7 Å². The molecule has 0 saturated heterocycles. The summed E-state index contributed by atoms with van der Waals surface area (Å²) in [5, 5.41) is 38.8. The van der Waals surface area contributed by atoms with Crippen LogP contribution in [-0.2, 0) is 0 Å². The molecule has 1 saturated carbocycles. The summed E-state index contributed by atoms with van der Waals surface area (Å²) in [4.78, 5) is 0. The Labute approximate surface area is 141 Å². The normalized spacial score (nSPS) is 29.2. The lowest BCUT2D eigenvalue weighted by Crippen LogP contribution is -2.40. The molecule has 2 bridgehead atoms. The third kappa shape index (κ3) is 1.88. The van der Waals surface area contributed by atoms with Crippen molar-refractivity contribution in [3.8, 4) is 24.3 Å². The minimum absolute atomic E-state index is 0.333. The number of benzene rings is 1. The second kappa shape index (κ2) is 5.70. The molecule has 2 atom stereocenters. The van der Waals surface area contributed by atoms with Crippen LogP contribution in [0.4, 0.5) is 0 Å². The first-order valence-corrected chi connectivity index (χ1v) is 7.76. The first-order chi connectivity index (χ1) is 11.7. The fourth-order valence-electron chi connectivity index (χ4n) is 3.92. The highest BCUT2D eigenvalue weighted by molar-refractivity contribution is 5.74. The molecule has 4 heteroatoms. The maximum Gasteiger partial charge on any atom is 0.181 e. The molecule has 2 unspecified atom stereocenters. The van der Waals surface area contributed by atoms with Crippen LogP contribution in [-0.4, -0.2) is 0 Å². The third-order valence-electron chi connectivity index (χ3n) is 5.27. The molecule has 4 nitrogen and oxygen atoms in total. The van der Waals surface area contributed by atoms with Gasteiger partial charge in [0.15, 0.2) is 10.8 Å². The quantitative estimate of drug-likeness (QED) is 0.789. The summed E-state index contributed by atoms with van der Waals surface area (Å²) in [6, 6.07) is 17.9. The van der Waals surface area contributed by atoms with Gasteiger partial charge in [0, 0.05) is 5.92 Å². The van der Waals surface area contributed by atoms with Gasteiger partial charge < -0.3 is 0 Å². The van der Waals surface area contributed by atoms with Gasteiger partial charge in [0.05, 0.1) is 24.3 Å². The van der Waals surface area contributed by atoms with E-state index in [0.29, 0.717) is 12.8 Å². The number of nitrogens with zero attached hydrogens (tertiary/aromatic N) is 4. The minimum Gasteiger partial charge on any atom is -0.196 e. The molecule has 0 N–H and O–H groups in total. The molecule has 1 aromatic rings. The number of fused-ring (bicyclic) bond motifs is 2. The highest BCUT2D eigenvalue weighted by atomic mass is 14.7. The molecular formula is C20H14N4. The van der Waals surface area contributed by atoms with Gasteiger partial charge in [-0.2, -0.15) is 21.0 Å². The number of hydrogen-bond donors (Lipinski definition) is 0. The van der Waals surface area contributed by atoms with E-state index in [1.807, 2.05) is 72.8 Å². The predicted octanol–water partition coefficient (Wildman–Crippen LogP) is 3.73. The zero-order chi connectivity index (χ0) is 17.2. The molecule has 1 fully saturated rings. The standard InChI is InChI=1S/C20H14N4/c21-11-19(12-22)17-8-6-16(15-4-2-1-3-5-15)7-9-18(10-17)20(19,13-23)14-24/h1-8,17-18H,9-10H2/b8-6-,16-7+. The fourth-order valence-corrected chi connectivity index (χ4v) is 3.92. The molecule has 0 amide bonds. The van der Waals surface area contributed by atoms with Crippen molar-refractivity contribution in [2.24, 2.45) is 22.7 Å². The van der Waals surface area contributed by atoms with E-state index >= 15 is 0 Å². The van der Waals surface area contributed by atoms with Crippen LogP contribution in [0.3, 0.4) is 0 Å². The predicted molar refractivity (Wildman–Crippen MR) is 87.1 cm³/mol. The second-order valence-electron chi connectivity index (χ2n) is 6.22. The van der Waals surface area contributed by atoms with Crippen molar-refractivity contribution in [3.63, 3.8) is 0 Å². The van der Waals surface area contributed by atoms with Crippen LogP contribution in [0.15, 0.2) is 48.6 Å². The monoisotopic (exact) mass is 310 g/mol. The number of nitriles is 4. The summed E-state index contributed by atoms with van der Waals surface area (Å²) in [5.74, 6) is -0.760. The van der Waals surface area contributed by atoms with Gasteiger partial charge in [-0.25, -0.2) is 0 Å². The average molecular weight is 310 g/mol. The van der Waals surface area contributed by atoms with Crippen LogP contribution in [0.1, 0.15) is 18.4 Å². The lowest BCUT2D eigenvalue weighted by atomic mass is 9.62. The summed E-state index contributed by atoms with van der Waals surface area (Å²) in [6.45, 7) is 0. The molecule has 0 radical (unpaired) electrons. The SMILES string of the molecule is N#CC1(C#N)C2/C=C\C(c3ccccc3)=C/CC(C2)C1(C#N)C#N. The molecule has 2 aliphatic rings. The molecule has 0 heterocycles. The zero-order valence-corrected chi connectivity index (χ0v) is 13.0. The lowest BCUT2D eigenvalue weighted by Gasteiger charge is -2.29. The Balaban J connectivity index is 2.15. The van der Waals surface area contributed by atoms with Crippen LogP contribution in [0.25, 0.3) is 5.57 Å². The minimum atomic E-state index is -1.63. The Morgan fingerprint density at radius 1 is 0.875 bits per heavy atom. The van der Waals surface area contributed by atoms with Crippen LogP contribution < -0.4 is 0 Å². The fraction of sp³-hybridized carbons (Fsp3) is 0.300. The molecule has 3 rings (SSSR count). The maximum absolute atomic E-state index is 9.71. The van der Waals surface area contributed by atoms with Gasteiger partial charge in [-0.1, -0.05) is 48.6 Å². The first-order valence-electron chi connectivity index (χ1n) is 7.76. The molecule has 0 aliphatic heterocycles. The van der Waals surface area contributed by atoms with Crippen molar-refractivity contribution in [1.29, 1.82) is 21.0 Å². The third-order valence-corrected chi connectivity index (χ3v) is 5.27. The highest BCUT2D eigenvalue weighted by Crippen LogP contribution is 2.60. The molecule has 1 aromatic carbocycles. The zero-order valence-electron chi connectivity index (χ0n) is 13.0. The van der Waals surface area contributed by atoms with Gasteiger partial charge in [0.1, 0.15) is 0 Å². The highest BCUT2D eigenvalue weighted by Gasteiger charge is 2.67. The summed E-state index contributed by atoms with van der Waals surface area (Å²) < 4.78 is 0. The summed E-state index contributed by atoms with van der Waals surface area (Å²) in [5.41, 5.74) is -1.21. The van der Waals surface area contributed by atoms with Crippen molar-refractivity contribution in [2.45, 2.75) is 12.8 Å². The Kier molecular flexibility index (Phi) is 3.69. The first kappa shape index (κ1) is 15.6. The number of allylic oxidation sites excluding steroid dienone is 4. The van der Waals surface area contributed by atoms with Crippen molar-refractivity contribution < 1.29 is 0 Å². The Bertz CT molecular complexity index is 853. The van der Waals surface area contributed by atoms with Crippen LogP contribution in [0.2, 0.25) is 0 Å². The van der Waals surface area contributed by atoms with E-state index in [1.54, 1.807) is 0 Å². The van der Waals surface area contributed by atoms with Gasteiger partial charge >= 0.3 is 0 Å². The second-order valence-corrected chi connectivity index (χ2v) is 6.22. The van der Waals surface area contributed by atoms with Crippen molar-refractivity contribution >= 4 is 5.57 Å². The summed E-state index contributed by atoms with van der Waals surface area (Å²) in [6.07, 6.45) is 6.73. The van der Waals surface area contributed by atoms with Crippen molar-refractivity contribution in [3.05, 3.63) is 54.1 Å². The topological polar surface area (TPSA) is 95.2 Å². The van der Waals surface area contributed by atoms with Crippen molar-refractivity contribution in [2.75, 3.05) is 0 Å². The lowest BCUT2D eigenvalue weighted by molar-refractivity contribution is 0.266. The summed E-state index contributed by atoms with van der Waals surface area (Å²) in [7, 11) is 0. The van der Waals surface area contributed by atoms with Gasteiger partial charge in [0.25, 0.3) is 0 Å². The van der Waals surface area contributed by atoms with Crippen molar-refractivity contribution in [1.82, 2.24) is 0 Å². The van der Waals surface area contributed by atoms with E-state index in [2.05, 4.69) is 0 Å². The van der Waals surface area contributed by atoms with Gasteiger partial charge in [0.2, 0.25) is 0 Å². The Morgan fingerprint density at radius 3 is 2.08 bits per heavy atom. The van der Waals surface area contributed by atoms with E-state index in [0.717, 1.165) is 11.1 Å². The molecule has 114 valence electrons. The van der Waals surface area contributed by atoms with Gasteiger partial charge in [-0.3, -0.25) is 0 Å². The van der Waals surface area contributed by atoms with Crippen LogP contribution in [0, 0.1) is 68.0 Å². The largest absolute Gasteiger partial charge is 0.196 e. The van der Waals surface area contributed by atoms with E-state index in [4.69, 9.17) is 0 Å². The van der Waals surface area contributed by atoms with Crippen LogP contribution >= 0.6 is 0 Å². The summed E-state index contributed by atoms with van der Waals surface area (Å²) >= 11 is 0. The molecule has 2 aliphatic carbocycles. The van der Waals surface area contributed by atoms with Crippen LogP contribution in [0.5, 0.6) is 0 Å². The Hall–Kier alpha value is -3.34. The van der Waals surface area contributed by atoms with E-state index in [1.165, 1.54) is 0 Å². The van der Waals surface area contributed by atoms with Gasteiger partial charge in [-0.15, -0.1) is 0 Å². The molecule has 0 aromatic heterocycles. The molecule has 24 heavy (non-hydrogen) atoms. The molecular weight excluding hydrogens is 296 g/mol. The number of hydrogen-bond acceptors (Lipinski definition) is 4. The maximum atomic E-state index is 9.71. The Morgan fingerprint density at radius 2 is 1.50 bits per heavy atom. The van der Waals surface area contributed by atoms with E-state index in [-0.39, 0.29) is 5.92 Å². The number of rotatable bonds is 1. The smallest absolute Gasteiger partial charge is 0.181 e. The van der Waals surface area contributed by atoms with E-state index in [9.17, 15) is 21.0 Å². The molecule has 0 spiro atoms. The average Bonchev–Trinajstić information content (AvgIpc) is 2.91.